The van der Waals surface area contributed by atoms with Crippen LogP contribution in [0.15, 0.2) is 47.4 Å². The first-order valence-electron chi connectivity index (χ1n) is 11.2. The Bertz CT molecular complexity index is 1310. The third kappa shape index (κ3) is 3.10. The Morgan fingerprint density at radius 1 is 1.12 bits per heavy atom. The maximum Gasteiger partial charge on any atom is 0.268 e. The molecule has 0 saturated carbocycles. The molecule has 5 rings (SSSR count). The normalized spacial score (nSPS) is 21.4. The van der Waals surface area contributed by atoms with Crippen LogP contribution in [0.3, 0.4) is 0 Å². The zero-order valence-corrected chi connectivity index (χ0v) is 19.5. The van der Waals surface area contributed by atoms with Crippen molar-refractivity contribution in [3.8, 4) is 5.75 Å². The number of hydrogen-bond acceptors (Lipinski definition) is 5. The van der Waals surface area contributed by atoms with Crippen LogP contribution in [0.1, 0.15) is 42.6 Å². The maximum atomic E-state index is 14.0. The Morgan fingerprint density at radius 2 is 1.88 bits per heavy atom. The molecular weight excluding hydrogens is 424 g/mol. The van der Waals surface area contributed by atoms with E-state index in [1.54, 1.807) is 19.2 Å². The standard InChI is InChI=1S/C25H28N2O4S/c1-4-17-15-26-13-12-19-24-20(6-5-7-23(24)31-3)27(25(19)21(26)14-22(17)28)32(29,30)18-10-8-16(2)9-11-18/h5-11,17,21H,4,12-15H2,1-3H3/t17-,21+/m1/s1. The molecule has 1 aromatic heterocycles. The second kappa shape index (κ2) is 7.74. The lowest BCUT2D eigenvalue weighted by Crippen LogP contribution is -2.47. The number of carbonyl (C=O) groups excluding carboxylic acids is 1. The molecule has 2 atom stereocenters. The highest BCUT2D eigenvalue weighted by molar-refractivity contribution is 7.90. The number of methoxy groups -OCH3 is 1. The van der Waals surface area contributed by atoms with Crippen LogP contribution in [0.25, 0.3) is 10.9 Å². The number of aromatic nitrogens is 1. The summed E-state index contributed by atoms with van der Waals surface area (Å²) in [5.41, 5.74) is 3.32. The van der Waals surface area contributed by atoms with Crippen LogP contribution in [0.5, 0.6) is 5.75 Å². The Hall–Kier alpha value is -2.64. The van der Waals surface area contributed by atoms with E-state index in [4.69, 9.17) is 4.74 Å². The second-order valence-electron chi connectivity index (χ2n) is 8.84. The van der Waals surface area contributed by atoms with Gasteiger partial charge in [-0.15, -0.1) is 0 Å². The number of piperidine rings is 1. The van der Waals surface area contributed by atoms with Gasteiger partial charge in [0.1, 0.15) is 11.5 Å². The summed E-state index contributed by atoms with van der Waals surface area (Å²) in [4.78, 5) is 15.4. The predicted molar refractivity (Wildman–Crippen MR) is 124 cm³/mol. The molecule has 0 spiro atoms. The Balaban J connectivity index is 1.80. The van der Waals surface area contributed by atoms with Crippen LogP contribution in [-0.4, -0.2) is 43.3 Å². The van der Waals surface area contributed by atoms with Crippen LogP contribution in [0.4, 0.5) is 0 Å². The molecule has 7 heteroatoms. The summed E-state index contributed by atoms with van der Waals surface area (Å²) < 4.78 is 35.1. The van der Waals surface area contributed by atoms with Gasteiger partial charge in [0.15, 0.2) is 0 Å². The highest BCUT2D eigenvalue weighted by Crippen LogP contribution is 2.45. The number of ketones is 1. The molecule has 6 nitrogen and oxygen atoms in total. The minimum atomic E-state index is -3.87. The highest BCUT2D eigenvalue weighted by atomic mass is 32.2. The van der Waals surface area contributed by atoms with Crippen molar-refractivity contribution in [2.24, 2.45) is 5.92 Å². The minimum absolute atomic E-state index is 0.0221. The van der Waals surface area contributed by atoms with E-state index in [1.807, 2.05) is 44.2 Å². The lowest BCUT2D eigenvalue weighted by atomic mass is 9.84. The average molecular weight is 453 g/mol. The van der Waals surface area contributed by atoms with Crippen LogP contribution < -0.4 is 4.74 Å². The van der Waals surface area contributed by atoms with Crippen LogP contribution in [0, 0.1) is 12.8 Å². The summed E-state index contributed by atoms with van der Waals surface area (Å²) in [5.74, 6) is 0.908. The molecular formula is C25H28N2O4S. The smallest absolute Gasteiger partial charge is 0.268 e. The van der Waals surface area contributed by atoms with E-state index in [0.29, 0.717) is 24.2 Å². The third-order valence-electron chi connectivity index (χ3n) is 7.03. The lowest BCUT2D eigenvalue weighted by molar-refractivity contribution is -0.129. The Kier molecular flexibility index (Phi) is 5.13. The summed E-state index contributed by atoms with van der Waals surface area (Å²) in [6, 6.07) is 12.2. The molecule has 1 fully saturated rings. The van der Waals surface area contributed by atoms with E-state index in [2.05, 4.69) is 4.90 Å². The molecule has 0 unspecified atom stereocenters. The van der Waals surface area contributed by atoms with Crippen molar-refractivity contribution in [3.05, 3.63) is 59.3 Å². The van der Waals surface area contributed by atoms with Gasteiger partial charge in [0.05, 0.1) is 29.3 Å². The summed E-state index contributed by atoms with van der Waals surface area (Å²) in [5, 5.41) is 0.838. The average Bonchev–Trinajstić information content (AvgIpc) is 3.14. The van der Waals surface area contributed by atoms with E-state index in [1.165, 1.54) is 3.97 Å². The molecule has 3 heterocycles. The van der Waals surface area contributed by atoms with Crippen molar-refractivity contribution in [1.82, 2.24) is 8.87 Å². The van der Waals surface area contributed by atoms with Crippen molar-refractivity contribution >= 4 is 26.7 Å². The van der Waals surface area contributed by atoms with Gasteiger partial charge >= 0.3 is 0 Å². The molecule has 0 N–H and O–H groups in total. The number of benzene rings is 2. The third-order valence-corrected chi connectivity index (χ3v) is 8.78. The summed E-state index contributed by atoms with van der Waals surface area (Å²) >= 11 is 0. The predicted octanol–water partition coefficient (Wildman–Crippen LogP) is 4.09. The number of fused-ring (bicyclic) bond motifs is 5. The van der Waals surface area contributed by atoms with Gasteiger partial charge < -0.3 is 4.74 Å². The quantitative estimate of drug-likeness (QED) is 0.596. The first-order valence-corrected chi connectivity index (χ1v) is 12.6. The SMILES string of the molecule is CC[C@@H]1CN2CCc3c(n(S(=O)(=O)c4ccc(C)cc4)c4cccc(OC)c34)[C@@H]2CC1=O. The van der Waals surface area contributed by atoms with Crippen LogP contribution in [-0.2, 0) is 21.2 Å². The minimum Gasteiger partial charge on any atom is -0.496 e. The number of Topliss-reactive ketones (excluding diaryl/α,β-unsaturated/α-hetero) is 1. The van der Waals surface area contributed by atoms with Crippen molar-refractivity contribution in [2.45, 2.75) is 44.0 Å². The van der Waals surface area contributed by atoms with Gasteiger partial charge in [-0.3, -0.25) is 9.69 Å². The number of rotatable bonds is 4. The summed E-state index contributed by atoms with van der Waals surface area (Å²) in [6.45, 7) is 5.47. The Morgan fingerprint density at radius 3 is 2.56 bits per heavy atom. The molecule has 0 radical (unpaired) electrons. The summed E-state index contributed by atoms with van der Waals surface area (Å²) in [7, 11) is -2.26. The topological polar surface area (TPSA) is 68.6 Å². The highest BCUT2D eigenvalue weighted by Gasteiger charge is 2.42. The van der Waals surface area contributed by atoms with Gasteiger partial charge in [-0.2, -0.15) is 0 Å². The van der Waals surface area contributed by atoms with Crippen molar-refractivity contribution < 1.29 is 17.9 Å². The molecule has 0 amide bonds. The second-order valence-corrected chi connectivity index (χ2v) is 10.6. The van der Waals surface area contributed by atoms with Gasteiger partial charge in [0.2, 0.25) is 0 Å². The molecule has 2 aliphatic heterocycles. The van der Waals surface area contributed by atoms with E-state index in [0.717, 1.165) is 41.6 Å². The lowest BCUT2D eigenvalue weighted by Gasteiger charge is -2.42. The van der Waals surface area contributed by atoms with E-state index in [-0.39, 0.29) is 22.6 Å². The first-order chi connectivity index (χ1) is 15.4. The molecule has 0 aliphatic carbocycles. The van der Waals surface area contributed by atoms with Crippen molar-refractivity contribution in [2.75, 3.05) is 20.2 Å². The number of ether oxygens (including phenoxy) is 1. The first kappa shape index (κ1) is 21.2. The fourth-order valence-corrected chi connectivity index (χ4v) is 6.93. The van der Waals surface area contributed by atoms with E-state index >= 15 is 0 Å². The van der Waals surface area contributed by atoms with Crippen LogP contribution in [0.2, 0.25) is 0 Å². The van der Waals surface area contributed by atoms with E-state index in [9.17, 15) is 13.2 Å². The van der Waals surface area contributed by atoms with Gasteiger partial charge in [-0.25, -0.2) is 12.4 Å². The van der Waals surface area contributed by atoms with Crippen LogP contribution >= 0.6 is 0 Å². The monoisotopic (exact) mass is 452 g/mol. The zero-order valence-electron chi connectivity index (χ0n) is 18.7. The van der Waals surface area contributed by atoms with Gasteiger partial charge in [-0.1, -0.05) is 30.7 Å². The molecule has 2 aliphatic rings. The zero-order chi connectivity index (χ0) is 22.6. The van der Waals surface area contributed by atoms with Crippen molar-refractivity contribution in [1.29, 1.82) is 0 Å². The van der Waals surface area contributed by atoms with Crippen molar-refractivity contribution in [3.63, 3.8) is 0 Å². The van der Waals surface area contributed by atoms with Gasteiger partial charge in [0.25, 0.3) is 10.0 Å². The Labute approximate surface area is 188 Å². The van der Waals surface area contributed by atoms with Gasteiger partial charge in [0, 0.05) is 30.8 Å². The molecule has 0 bridgehead atoms. The van der Waals surface area contributed by atoms with E-state index < -0.39 is 10.0 Å². The molecule has 1 saturated heterocycles. The fraction of sp³-hybridized carbons (Fsp3) is 0.400. The molecule has 3 aromatic rings. The maximum absolute atomic E-state index is 14.0. The fourth-order valence-electron chi connectivity index (χ4n) is 5.33. The molecule has 2 aromatic carbocycles. The number of nitrogens with zero attached hydrogens (tertiary/aromatic N) is 2. The molecule has 32 heavy (non-hydrogen) atoms. The number of aryl methyl sites for hydroxylation is 1. The largest absolute Gasteiger partial charge is 0.496 e. The number of hydrogen-bond donors (Lipinski definition) is 0. The molecule has 168 valence electrons. The van der Waals surface area contributed by atoms with Gasteiger partial charge in [-0.05, 0) is 49.6 Å². The summed E-state index contributed by atoms with van der Waals surface area (Å²) in [6.07, 6.45) is 1.88. The number of carbonyl (C=O) groups is 1.